The fourth-order valence-corrected chi connectivity index (χ4v) is 1.84. The van der Waals surface area contributed by atoms with Gasteiger partial charge < -0.3 is 10.1 Å². The Bertz CT molecular complexity index is 521. The number of benzene rings is 1. The van der Waals surface area contributed by atoms with Gasteiger partial charge in [-0.05, 0) is 29.8 Å². The maximum Gasteiger partial charge on any atom is 0.427 e. The molecular weight excluding hydrogens is 267 g/mol. The van der Waals surface area contributed by atoms with Crippen molar-refractivity contribution in [3.8, 4) is 0 Å². The fraction of sp³-hybridized carbons (Fsp3) is 0.167. The normalized spacial score (nSPS) is 15.4. The van der Waals surface area contributed by atoms with Gasteiger partial charge in [0, 0.05) is 11.2 Å². The van der Waals surface area contributed by atoms with E-state index < -0.39 is 11.8 Å². The third-order valence-corrected chi connectivity index (χ3v) is 2.91. The number of aromatic nitrogens is 1. The van der Waals surface area contributed by atoms with Crippen LogP contribution >= 0.6 is 11.6 Å². The van der Waals surface area contributed by atoms with Crippen molar-refractivity contribution in [2.45, 2.75) is 11.8 Å². The number of rotatable bonds is 2. The Kier molecular flexibility index (Phi) is 3.12. The molecule has 0 aliphatic heterocycles. The Morgan fingerprint density at radius 2 is 1.67 bits per heavy atom. The number of alkyl halides is 3. The van der Waals surface area contributed by atoms with Crippen LogP contribution in [-0.2, 0) is 5.60 Å². The molecule has 0 fully saturated rings. The lowest BCUT2D eigenvalue weighted by molar-refractivity contribution is -0.249. The van der Waals surface area contributed by atoms with Gasteiger partial charge in [-0.2, -0.15) is 13.2 Å². The van der Waals surface area contributed by atoms with Crippen LogP contribution in [0.4, 0.5) is 13.2 Å². The van der Waals surface area contributed by atoms with E-state index in [-0.39, 0.29) is 11.3 Å². The first kappa shape index (κ1) is 13.0. The Balaban J connectivity index is 2.60. The van der Waals surface area contributed by atoms with Gasteiger partial charge in [-0.1, -0.05) is 23.7 Å². The van der Waals surface area contributed by atoms with Crippen LogP contribution in [0.1, 0.15) is 11.3 Å². The molecule has 6 heteroatoms. The molecular formula is C12H9ClF3NO. The number of hydrogen-bond acceptors (Lipinski definition) is 1. The van der Waals surface area contributed by atoms with Crippen LogP contribution in [0.5, 0.6) is 0 Å². The summed E-state index contributed by atoms with van der Waals surface area (Å²) in [4.78, 5) is 2.39. The maximum absolute atomic E-state index is 13.2. The average molecular weight is 276 g/mol. The molecule has 1 heterocycles. The summed E-state index contributed by atoms with van der Waals surface area (Å²) < 4.78 is 39.5. The summed E-state index contributed by atoms with van der Waals surface area (Å²) >= 11 is 5.63. The molecule has 2 nitrogen and oxygen atoms in total. The second kappa shape index (κ2) is 4.33. The van der Waals surface area contributed by atoms with E-state index in [2.05, 4.69) is 4.98 Å². The highest BCUT2D eigenvalue weighted by atomic mass is 35.5. The van der Waals surface area contributed by atoms with Gasteiger partial charge in [0.2, 0.25) is 5.60 Å². The molecule has 18 heavy (non-hydrogen) atoms. The lowest BCUT2D eigenvalue weighted by Crippen LogP contribution is -2.43. The van der Waals surface area contributed by atoms with Gasteiger partial charge in [0.05, 0.1) is 5.69 Å². The van der Waals surface area contributed by atoms with E-state index in [9.17, 15) is 18.3 Å². The number of H-pyrrole nitrogens is 1. The zero-order chi connectivity index (χ0) is 13.4. The SMILES string of the molecule is O[C@](c1ccc(Cl)cc1)(c1ccc[nH]1)C(F)(F)F. The predicted octanol–water partition coefficient (Wildman–Crippen LogP) is 3.47. The molecule has 96 valence electrons. The highest BCUT2D eigenvalue weighted by Gasteiger charge is 2.57. The minimum atomic E-state index is -4.84. The number of hydrogen-bond donors (Lipinski definition) is 2. The van der Waals surface area contributed by atoms with Gasteiger partial charge in [0.1, 0.15) is 0 Å². The van der Waals surface area contributed by atoms with Crippen molar-refractivity contribution < 1.29 is 18.3 Å². The summed E-state index contributed by atoms with van der Waals surface area (Å²) in [6.45, 7) is 0. The van der Waals surface area contributed by atoms with E-state index in [1.807, 2.05) is 0 Å². The minimum Gasteiger partial charge on any atom is -0.371 e. The lowest BCUT2D eigenvalue weighted by atomic mass is 9.90. The Labute approximate surface area is 106 Å². The van der Waals surface area contributed by atoms with E-state index in [0.717, 1.165) is 12.1 Å². The summed E-state index contributed by atoms with van der Waals surface area (Å²) in [7, 11) is 0. The molecule has 0 bridgehead atoms. The van der Waals surface area contributed by atoms with Gasteiger partial charge in [-0.3, -0.25) is 0 Å². The van der Waals surface area contributed by atoms with Crippen LogP contribution in [0.2, 0.25) is 5.02 Å². The summed E-state index contributed by atoms with van der Waals surface area (Å²) in [6.07, 6.45) is -3.52. The third-order valence-electron chi connectivity index (χ3n) is 2.66. The number of nitrogens with one attached hydrogen (secondary N) is 1. The van der Waals surface area contributed by atoms with Crippen LogP contribution in [-0.4, -0.2) is 16.3 Å². The van der Waals surface area contributed by atoms with E-state index in [1.54, 1.807) is 0 Å². The monoisotopic (exact) mass is 275 g/mol. The highest BCUT2D eigenvalue weighted by Crippen LogP contribution is 2.43. The first-order valence-electron chi connectivity index (χ1n) is 5.04. The van der Waals surface area contributed by atoms with Gasteiger partial charge in [0.15, 0.2) is 0 Å². The van der Waals surface area contributed by atoms with E-state index in [0.29, 0.717) is 5.02 Å². The maximum atomic E-state index is 13.2. The predicted molar refractivity (Wildman–Crippen MR) is 61.3 cm³/mol. The molecule has 1 aromatic heterocycles. The van der Waals surface area contributed by atoms with E-state index >= 15 is 0 Å². The first-order chi connectivity index (χ1) is 8.35. The Morgan fingerprint density at radius 1 is 1.06 bits per heavy atom. The minimum absolute atomic E-state index is 0.290. The number of aliphatic hydroxyl groups is 1. The lowest BCUT2D eigenvalue weighted by Gasteiger charge is -2.30. The van der Waals surface area contributed by atoms with E-state index in [1.165, 1.54) is 30.5 Å². The zero-order valence-corrected chi connectivity index (χ0v) is 9.76. The van der Waals surface area contributed by atoms with Crippen molar-refractivity contribution in [2.75, 3.05) is 0 Å². The summed E-state index contributed by atoms with van der Waals surface area (Å²) in [5.74, 6) is 0. The number of halogens is 4. The molecule has 0 saturated heterocycles. The molecule has 0 aliphatic carbocycles. The van der Waals surface area contributed by atoms with Crippen molar-refractivity contribution in [2.24, 2.45) is 0 Å². The second-order valence-corrected chi connectivity index (χ2v) is 4.24. The molecule has 1 atom stereocenters. The molecule has 0 saturated carbocycles. The summed E-state index contributed by atoms with van der Waals surface area (Å²) in [5, 5.41) is 10.4. The standard InChI is InChI=1S/C12H9ClF3NO/c13-9-5-3-8(4-6-9)11(18,12(14,15)16)10-2-1-7-17-10/h1-7,17-18H/t11-/m1/s1. The van der Waals surface area contributed by atoms with Crippen molar-refractivity contribution in [1.29, 1.82) is 0 Å². The molecule has 0 amide bonds. The Morgan fingerprint density at radius 3 is 2.11 bits per heavy atom. The quantitative estimate of drug-likeness (QED) is 0.865. The van der Waals surface area contributed by atoms with Gasteiger partial charge >= 0.3 is 6.18 Å². The molecule has 0 aliphatic rings. The van der Waals surface area contributed by atoms with Crippen LogP contribution < -0.4 is 0 Å². The largest absolute Gasteiger partial charge is 0.427 e. The van der Waals surface area contributed by atoms with Crippen LogP contribution in [0.15, 0.2) is 42.6 Å². The molecule has 0 radical (unpaired) electrons. The molecule has 2 aromatic rings. The molecule has 2 rings (SSSR count). The molecule has 2 N–H and O–H groups in total. The molecule has 0 spiro atoms. The first-order valence-corrected chi connectivity index (χ1v) is 5.42. The van der Waals surface area contributed by atoms with Crippen molar-refractivity contribution in [1.82, 2.24) is 4.98 Å². The molecule has 1 aromatic carbocycles. The second-order valence-electron chi connectivity index (χ2n) is 3.80. The van der Waals surface area contributed by atoms with Crippen LogP contribution in [0.25, 0.3) is 0 Å². The van der Waals surface area contributed by atoms with Gasteiger partial charge in [0.25, 0.3) is 0 Å². The Hall–Kier alpha value is -1.46. The van der Waals surface area contributed by atoms with Gasteiger partial charge in [-0.15, -0.1) is 0 Å². The van der Waals surface area contributed by atoms with Crippen LogP contribution in [0, 0.1) is 0 Å². The van der Waals surface area contributed by atoms with Crippen molar-refractivity contribution in [3.05, 3.63) is 58.9 Å². The third kappa shape index (κ3) is 2.00. The summed E-state index contributed by atoms with van der Waals surface area (Å²) in [6, 6.07) is 7.48. The average Bonchev–Trinajstić information content (AvgIpc) is 2.81. The van der Waals surface area contributed by atoms with Gasteiger partial charge in [-0.25, -0.2) is 0 Å². The smallest absolute Gasteiger partial charge is 0.371 e. The van der Waals surface area contributed by atoms with E-state index in [4.69, 9.17) is 11.6 Å². The zero-order valence-electron chi connectivity index (χ0n) is 9.00. The molecule has 0 unspecified atom stereocenters. The van der Waals surface area contributed by atoms with Crippen LogP contribution in [0.3, 0.4) is 0 Å². The fourth-order valence-electron chi connectivity index (χ4n) is 1.72. The highest BCUT2D eigenvalue weighted by molar-refractivity contribution is 6.30. The summed E-state index contributed by atoms with van der Waals surface area (Å²) in [5.41, 5.74) is -3.69. The topological polar surface area (TPSA) is 36.0 Å². The van der Waals surface area contributed by atoms with Crippen molar-refractivity contribution >= 4 is 11.6 Å². The number of aromatic amines is 1. The van der Waals surface area contributed by atoms with Crippen molar-refractivity contribution in [3.63, 3.8) is 0 Å².